The average Bonchev–Trinajstić information content (AvgIpc) is 2.89. The fraction of sp³-hybridized carbons (Fsp3) is 0.294. The Bertz CT molecular complexity index is 624. The van der Waals surface area contributed by atoms with Gasteiger partial charge in [0.05, 0.1) is 0 Å². The van der Waals surface area contributed by atoms with Crippen LogP contribution >= 0.6 is 0 Å². The summed E-state index contributed by atoms with van der Waals surface area (Å²) < 4.78 is 19.2. The molecule has 0 aliphatic heterocycles. The number of hydrogen-bond acceptors (Lipinski definition) is 2. The predicted octanol–water partition coefficient (Wildman–Crippen LogP) is 3.83. The van der Waals surface area contributed by atoms with Crippen LogP contribution in [0.4, 0.5) is 4.39 Å². The first-order valence-electron chi connectivity index (χ1n) is 6.99. The molecule has 0 spiro atoms. The molecule has 1 aliphatic rings. The zero-order chi connectivity index (χ0) is 13.9. The van der Waals surface area contributed by atoms with Crippen LogP contribution in [0, 0.1) is 5.82 Å². The van der Waals surface area contributed by atoms with Crippen LogP contribution in [0.25, 0.3) is 0 Å². The van der Waals surface area contributed by atoms with Gasteiger partial charge < -0.3 is 10.1 Å². The first-order chi connectivity index (χ1) is 9.76. The van der Waals surface area contributed by atoms with Gasteiger partial charge in [0, 0.05) is 12.1 Å². The lowest BCUT2D eigenvalue weighted by Crippen LogP contribution is -2.06. The van der Waals surface area contributed by atoms with E-state index >= 15 is 0 Å². The quantitative estimate of drug-likeness (QED) is 0.912. The van der Waals surface area contributed by atoms with Gasteiger partial charge in [0.15, 0.2) is 0 Å². The Morgan fingerprint density at radius 3 is 2.80 bits per heavy atom. The van der Waals surface area contributed by atoms with Crippen LogP contribution in [-0.4, -0.2) is 7.05 Å². The van der Waals surface area contributed by atoms with Gasteiger partial charge in [-0.15, -0.1) is 0 Å². The standard InChI is InChI=1S/C17H18FNO/c1-19-11-14-9-15(18)6-8-17(14)20-16-7-5-12-3-2-4-13(12)10-16/h5-10,19H,2-4,11H2,1H3. The van der Waals surface area contributed by atoms with E-state index in [1.807, 2.05) is 13.1 Å². The minimum atomic E-state index is -0.239. The third kappa shape index (κ3) is 2.68. The van der Waals surface area contributed by atoms with E-state index in [1.165, 1.54) is 29.7 Å². The van der Waals surface area contributed by atoms with Gasteiger partial charge in [-0.25, -0.2) is 4.39 Å². The maximum atomic E-state index is 13.3. The first kappa shape index (κ1) is 13.1. The molecule has 0 bridgehead atoms. The van der Waals surface area contributed by atoms with Crippen LogP contribution in [0.1, 0.15) is 23.1 Å². The number of hydrogen-bond donors (Lipinski definition) is 1. The van der Waals surface area contributed by atoms with E-state index in [9.17, 15) is 4.39 Å². The number of benzene rings is 2. The molecule has 0 saturated carbocycles. The highest BCUT2D eigenvalue weighted by atomic mass is 19.1. The van der Waals surface area contributed by atoms with E-state index < -0.39 is 0 Å². The molecule has 104 valence electrons. The molecule has 0 aromatic heterocycles. The summed E-state index contributed by atoms with van der Waals surface area (Å²) in [5.41, 5.74) is 3.62. The Kier molecular flexibility index (Phi) is 3.70. The number of ether oxygens (including phenoxy) is 1. The van der Waals surface area contributed by atoms with Gasteiger partial charge in [-0.1, -0.05) is 6.07 Å². The van der Waals surface area contributed by atoms with Crippen LogP contribution in [0.15, 0.2) is 36.4 Å². The van der Waals surface area contributed by atoms with Gasteiger partial charge in [-0.05, 0) is 67.8 Å². The summed E-state index contributed by atoms with van der Waals surface area (Å²) in [6.07, 6.45) is 3.51. The smallest absolute Gasteiger partial charge is 0.132 e. The molecule has 0 fully saturated rings. The SMILES string of the molecule is CNCc1cc(F)ccc1Oc1ccc2c(c1)CCC2. The molecule has 0 saturated heterocycles. The van der Waals surface area contributed by atoms with Crippen molar-refractivity contribution in [1.29, 1.82) is 0 Å². The fourth-order valence-electron chi connectivity index (χ4n) is 2.71. The molecule has 2 nitrogen and oxygen atoms in total. The predicted molar refractivity (Wildman–Crippen MR) is 77.7 cm³/mol. The van der Waals surface area contributed by atoms with Gasteiger partial charge in [0.25, 0.3) is 0 Å². The van der Waals surface area contributed by atoms with Crippen LogP contribution in [0.5, 0.6) is 11.5 Å². The Labute approximate surface area is 118 Å². The Morgan fingerprint density at radius 1 is 1.10 bits per heavy atom. The van der Waals surface area contributed by atoms with Crippen LogP contribution in [0.2, 0.25) is 0 Å². The molecule has 2 aromatic carbocycles. The second-order valence-electron chi connectivity index (χ2n) is 5.17. The highest BCUT2D eigenvalue weighted by molar-refractivity contribution is 5.42. The molecular formula is C17H18FNO. The highest BCUT2D eigenvalue weighted by Gasteiger charge is 2.12. The van der Waals surface area contributed by atoms with Crippen molar-refractivity contribution in [2.45, 2.75) is 25.8 Å². The van der Waals surface area contributed by atoms with Crippen LogP contribution in [0.3, 0.4) is 0 Å². The van der Waals surface area contributed by atoms with Gasteiger partial charge in [-0.3, -0.25) is 0 Å². The summed E-state index contributed by atoms with van der Waals surface area (Å²) in [5, 5.41) is 3.03. The maximum absolute atomic E-state index is 13.3. The number of fused-ring (bicyclic) bond motifs is 1. The molecule has 0 radical (unpaired) electrons. The van der Waals surface area contributed by atoms with Crippen LogP contribution in [-0.2, 0) is 19.4 Å². The molecule has 0 atom stereocenters. The molecule has 1 aliphatic carbocycles. The molecule has 0 amide bonds. The summed E-state index contributed by atoms with van der Waals surface area (Å²) in [7, 11) is 1.84. The zero-order valence-electron chi connectivity index (χ0n) is 11.6. The van der Waals surface area contributed by atoms with Crippen molar-refractivity contribution in [2.24, 2.45) is 0 Å². The molecule has 0 unspecified atom stereocenters. The largest absolute Gasteiger partial charge is 0.457 e. The minimum absolute atomic E-state index is 0.239. The van der Waals surface area contributed by atoms with Gasteiger partial charge >= 0.3 is 0 Å². The fourth-order valence-corrected chi connectivity index (χ4v) is 2.71. The third-order valence-corrected chi connectivity index (χ3v) is 3.69. The third-order valence-electron chi connectivity index (χ3n) is 3.69. The van der Waals surface area contributed by atoms with Gasteiger partial charge in [0.2, 0.25) is 0 Å². The number of rotatable bonds is 4. The van der Waals surface area contributed by atoms with E-state index in [-0.39, 0.29) is 5.82 Å². The second-order valence-corrected chi connectivity index (χ2v) is 5.17. The van der Waals surface area contributed by atoms with Crippen molar-refractivity contribution in [3.63, 3.8) is 0 Å². The minimum Gasteiger partial charge on any atom is -0.457 e. The molecular weight excluding hydrogens is 253 g/mol. The van der Waals surface area contributed by atoms with Crippen LogP contribution < -0.4 is 10.1 Å². The number of aryl methyl sites for hydroxylation is 2. The lowest BCUT2D eigenvalue weighted by molar-refractivity contribution is 0.471. The highest BCUT2D eigenvalue weighted by Crippen LogP contribution is 2.30. The Hall–Kier alpha value is -1.87. The molecule has 3 heteroatoms. The lowest BCUT2D eigenvalue weighted by atomic mass is 10.1. The maximum Gasteiger partial charge on any atom is 0.132 e. The van der Waals surface area contributed by atoms with Crippen molar-refractivity contribution in [3.8, 4) is 11.5 Å². The van der Waals surface area contributed by atoms with Crippen molar-refractivity contribution < 1.29 is 9.13 Å². The monoisotopic (exact) mass is 271 g/mol. The number of nitrogens with one attached hydrogen (secondary N) is 1. The summed E-state index contributed by atoms with van der Waals surface area (Å²) in [4.78, 5) is 0. The Morgan fingerprint density at radius 2 is 1.95 bits per heavy atom. The summed E-state index contributed by atoms with van der Waals surface area (Å²) in [6, 6.07) is 10.9. The van der Waals surface area contributed by atoms with Gasteiger partial charge in [0.1, 0.15) is 17.3 Å². The number of halogens is 1. The topological polar surface area (TPSA) is 21.3 Å². The zero-order valence-corrected chi connectivity index (χ0v) is 11.6. The summed E-state index contributed by atoms with van der Waals surface area (Å²) in [6.45, 7) is 0.581. The van der Waals surface area contributed by atoms with E-state index in [0.29, 0.717) is 12.3 Å². The van der Waals surface area contributed by atoms with Crippen molar-refractivity contribution in [3.05, 3.63) is 58.9 Å². The van der Waals surface area contributed by atoms with E-state index in [4.69, 9.17) is 4.74 Å². The molecule has 20 heavy (non-hydrogen) atoms. The molecule has 1 N–H and O–H groups in total. The van der Waals surface area contributed by atoms with E-state index in [2.05, 4.69) is 17.4 Å². The first-order valence-corrected chi connectivity index (χ1v) is 6.99. The lowest BCUT2D eigenvalue weighted by Gasteiger charge is -2.12. The van der Waals surface area contributed by atoms with Gasteiger partial charge in [-0.2, -0.15) is 0 Å². The second kappa shape index (κ2) is 5.63. The average molecular weight is 271 g/mol. The normalized spacial score (nSPS) is 13.3. The summed E-state index contributed by atoms with van der Waals surface area (Å²) >= 11 is 0. The van der Waals surface area contributed by atoms with Crippen molar-refractivity contribution in [1.82, 2.24) is 5.32 Å². The van der Waals surface area contributed by atoms with Crippen molar-refractivity contribution in [2.75, 3.05) is 7.05 Å². The molecule has 3 rings (SSSR count). The summed E-state index contributed by atoms with van der Waals surface area (Å²) in [5.74, 6) is 1.30. The molecule has 2 aromatic rings. The van der Waals surface area contributed by atoms with E-state index in [0.717, 1.165) is 24.2 Å². The Balaban J connectivity index is 1.87. The van der Waals surface area contributed by atoms with E-state index in [1.54, 1.807) is 6.07 Å². The molecule has 0 heterocycles. The van der Waals surface area contributed by atoms with Crippen molar-refractivity contribution >= 4 is 0 Å².